The molecule has 7 heteroatoms. The number of carbonyl (C=O) groups is 2. The van der Waals surface area contributed by atoms with Gasteiger partial charge in [0.05, 0.1) is 19.2 Å². The molecule has 0 saturated carbocycles. The van der Waals surface area contributed by atoms with Crippen molar-refractivity contribution >= 4 is 18.9 Å². The standard InChI is InChI=1S/C23H35BN2O4.2C2H6/c1-4-20(23(28)26-21(13-16(2)3)24-29-11-12-30-24)25-22(27)15-17-9-10-18-7-5-6-8-19(18)14-17;2*1-2/h5-8,16-17,20-21H,4,9-15H2,1-3H3,(H,25,27)(H,26,28);2*1-2H3. The van der Waals surface area contributed by atoms with Crippen LogP contribution >= 0.6 is 0 Å². The molecule has 3 rings (SSSR count). The van der Waals surface area contributed by atoms with Gasteiger partial charge in [0.25, 0.3) is 0 Å². The van der Waals surface area contributed by atoms with Gasteiger partial charge in [-0.25, -0.2) is 0 Å². The smallest absolute Gasteiger partial charge is 0.407 e. The molecule has 192 valence electrons. The Morgan fingerprint density at radius 3 is 2.24 bits per heavy atom. The maximum absolute atomic E-state index is 12.9. The molecule has 0 aromatic heterocycles. The molecule has 6 nitrogen and oxygen atoms in total. The fourth-order valence-electron chi connectivity index (χ4n) is 4.45. The molecule has 1 aliphatic carbocycles. The average molecular weight is 474 g/mol. The Morgan fingerprint density at radius 2 is 1.65 bits per heavy atom. The van der Waals surface area contributed by atoms with Crippen molar-refractivity contribution in [3.8, 4) is 0 Å². The Kier molecular flexibility index (Phi) is 14.8. The van der Waals surface area contributed by atoms with Crippen LogP contribution in [0.4, 0.5) is 0 Å². The molecule has 3 atom stereocenters. The predicted molar refractivity (Wildman–Crippen MR) is 141 cm³/mol. The highest BCUT2D eigenvalue weighted by atomic mass is 16.6. The second-order valence-corrected chi connectivity index (χ2v) is 8.96. The Balaban J connectivity index is 0.00000137. The van der Waals surface area contributed by atoms with Crippen LogP contribution in [0.3, 0.4) is 0 Å². The summed E-state index contributed by atoms with van der Waals surface area (Å²) in [5, 5.41) is 6.01. The third-order valence-corrected chi connectivity index (χ3v) is 6.01. The summed E-state index contributed by atoms with van der Waals surface area (Å²) in [5.41, 5.74) is 2.74. The van der Waals surface area contributed by atoms with Gasteiger partial charge >= 0.3 is 7.12 Å². The Bertz CT molecular complexity index is 722. The van der Waals surface area contributed by atoms with Gasteiger partial charge in [-0.3, -0.25) is 9.59 Å². The van der Waals surface area contributed by atoms with Crippen LogP contribution in [0, 0.1) is 11.8 Å². The summed E-state index contributed by atoms with van der Waals surface area (Å²) < 4.78 is 11.2. The minimum atomic E-state index is -0.538. The maximum Gasteiger partial charge on any atom is 0.481 e. The summed E-state index contributed by atoms with van der Waals surface area (Å²) in [7, 11) is -0.410. The molecule has 0 radical (unpaired) electrons. The van der Waals surface area contributed by atoms with Crippen LogP contribution in [-0.2, 0) is 31.7 Å². The van der Waals surface area contributed by atoms with Crippen LogP contribution in [0.15, 0.2) is 24.3 Å². The summed E-state index contributed by atoms with van der Waals surface area (Å²) in [6.07, 6.45) is 4.74. The van der Waals surface area contributed by atoms with E-state index in [0.29, 0.717) is 37.9 Å². The first-order chi connectivity index (χ1) is 16.5. The molecule has 1 aromatic rings. The van der Waals surface area contributed by atoms with E-state index in [9.17, 15) is 9.59 Å². The number of hydrogen-bond acceptors (Lipinski definition) is 4. The van der Waals surface area contributed by atoms with Crippen LogP contribution in [0.5, 0.6) is 0 Å². The number of benzene rings is 1. The van der Waals surface area contributed by atoms with E-state index in [-0.39, 0.29) is 17.8 Å². The average Bonchev–Trinajstić information content (AvgIpc) is 3.39. The first kappa shape index (κ1) is 30.2. The number of nitrogens with one attached hydrogen (secondary N) is 2. The molecule has 1 saturated heterocycles. The molecule has 2 N–H and O–H groups in total. The van der Waals surface area contributed by atoms with Crippen molar-refractivity contribution in [3.63, 3.8) is 0 Å². The van der Waals surface area contributed by atoms with E-state index in [1.165, 1.54) is 11.1 Å². The van der Waals surface area contributed by atoms with Crippen molar-refractivity contribution < 1.29 is 18.9 Å². The van der Waals surface area contributed by atoms with Crippen LogP contribution in [0.1, 0.15) is 85.3 Å². The molecule has 2 amide bonds. The van der Waals surface area contributed by atoms with Gasteiger partial charge in [-0.1, -0.05) is 72.7 Å². The lowest BCUT2D eigenvalue weighted by Crippen LogP contribution is -2.54. The molecule has 34 heavy (non-hydrogen) atoms. The van der Waals surface area contributed by atoms with Gasteiger partial charge < -0.3 is 19.9 Å². The number of hydrogen-bond donors (Lipinski definition) is 2. The molecule has 0 bridgehead atoms. The van der Waals surface area contributed by atoms with E-state index in [1.54, 1.807) is 0 Å². The molecule has 1 fully saturated rings. The summed E-state index contributed by atoms with van der Waals surface area (Å²) in [5.74, 6) is 0.307. The monoisotopic (exact) mass is 474 g/mol. The van der Waals surface area contributed by atoms with Crippen LogP contribution in [-0.4, -0.2) is 44.1 Å². The highest BCUT2D eigenvalue weighted by molar-refractivity contribution is 6.47. The van der Waals surface area contributed by atoms with Crippen LogP contribution in [0.25, 0.3) is 0 Å². The van der Waals surface area contributed by atoms with Gasteiger partial charge in [-0.2, -0.15) is 0 Å². The van der Waals surface area contributed by atoms with Gasteiger partial charge in [-0.15, -0.1) is 0 Å². The summed E-state index contributed by atoms with van der Waals surface area (Å²) in [6.45, 7) is 15.2. The summed E-state index contributed by atoms with van der Waals surface area (Å²) >= 11 is 0. The highest BCUT2D eigenvalue weighted by Crippen LogP contribution is 2.27. The molecular weight excluding hydrogens is 427 g/mol. The second kappa shape index (κ2) is 16.7. The van der Waals surface area contributed by atoms with E-state index in [4.69, 9.17) is 9.31 Å². The molecule has 1 aromatic carbocycles. The third kappa shape index (κ3) is 9.79. The van der Waals surface area contributed by atoms with Gasteiger partial charge in [-0.05, 0) is 55.1 Å². The van der Waals surface area contributed by atoms with Crippen molar-refractivity contribution in [2.75, 3.05) is 13.2 Å². The lowest BCUT2D eigenvalue weighted by Gasteiger charge is -2.26. The lowest BCUT2D eigenvalue weighted by molar-refractivity contribution is -0.129. The van der Waals surface area contributed by atoms with Gasteiger partial charge in [0.2, 0.25) is 11.8 Å². The number of amides is 2. The Morgan fingerprint density at radius 1 is 1.03 bits per heavy atom. The number of fused-ring (bicyclic) bond motifs is 1. The van der Waals surface area contributed by atoms with Gasteiger partial charge in [0, 0.05) is 6.42 Å². The topological polar surface area (TPSA) is 76.7 Å². The van der Waals surface area contributed by atoms with Crippen molar-refractivity contribution in [1.82, 2.24) is 10.6 Å². The molecular formula is C27H47BN2O4. The van der Waals surface area contributed by atoms with Crippen molar-refractivity contribution in [1.29, 1.82) is 0 Å². The molecule has 0 spiro atoms. The molecule has 1 aliphatic heterocycles. The van der Waals surface area contributed by atoms with Crippen LogP contribution in [0.2, 0.25) is 0 Å². The number of rotatable bonds is 9. The first-order valence-corrected chi connectivity index (χ1v) is 13.4. The Hall–Kier alpha value is -1.86. The fourth-order valence-corrected chi connectivity index (χ4v) is 4.45. The molecule has 3 unspecified atom stereocenters. The largest absolute Gasteiger partial charge is 0.481 e. The zero-order valence-corrected chi connectivity index (χ0v) is 22.5. The second-order valence-electron chi connectivity index (χ2n) is 8.96. The van der Waals surface area contributed by atoms with E-state index in [1.807, 2.05) is 34.6 Å². The van der Waals surface area contributed by atoms with Crippen molar-refractivity contribution in [3.05, 3.63) is 35.4 Å². The highest BCUT2D eigenvalue weighted by Gasteiger charge is 2.36. The predicted octanol–water partition coefficient (Wildman–Crippen LogP) is 4.73. The van der Waals surface area contributed by atoms with Crippen molar-refractivity contribution in [2.45, 2.75) is 99.0 Å². The summed E-state index contributed by atoms with van der Waals surface area (Å²) in [4.78, 5) is 25.6. The SMILES string of the molecule is CC.CC.CCC(NC(=O)CC1CCc2ccccc2C1)C(=O)NC(CC(C)C)B1OCCO1. The van der Waals surface area contributed by atoms with E-state index in [2.05, 4.69) is 48.7 Å². The zero-order valence-electron chi connectivity index (χ0n) is 22.5. The quantitative estimate of drug-likeness (QED) is 0.507. The summed E-state index contributed by atoms with van der Waals surface area (Å²) in [6, 6.07) is 7.93. The first-order valence-electron chi connectivity index (χ1n) is 13.4. The van der Waals surface area contributed by atoms with E-state index >= 15 is 0 Å². The zero-order chi connectivity index (χ0) is 25.5. The number of aryl methyl sites for hydroxylation is 1. The molecule has 1 heterocycles. The van der Waals surface area contributed by atoms with E-state index < -0.39 is 13.2 Å². The third-order valence-electron chi connectivity index (χ3n) is 6.01. The van der Waals surface area contributed by atoms with E-state index in [0.717, 1.165) is 25.7 Å². The van der Waals surface area contributed by atoms with Crippen molar-refractivity contribution in [2.24, 2.45) is 11.8 Å². The minimum Gasteiger partial charge on any atom is -0.407 e. The maximum atomic E-state index is 12.9. The van der Waals surface area contributed by atoms with Gasteiger partial charge in [0.15, 0.2) is 0 Å². The lowest BCUT2D eigenvalue weighted by atomic mass is 9.74. The normalized spacial score (nSPS) is 18.5. The molecule has 2 aliphatic rings. The Labute approximate surface area is 208 Å². The minimum absolute atomic E-state index is 0.0462. The number of carbonyl (C=O) groups excluding carboxylic acids is 2. The van der Waals surface area contributed by atoms with Crippen LogP contribution < -0.4 is 10.6 Å². The van der Waals surface area contributed by atoms with Gasteiger partial charge in [0.1, 0.15) is 6.04 Å². The fraction of sp³-hybridized carbons (Fsp3) is 0.704.